The van der Waals surface area contributed by atoms with Gasteiger partial charge in [0.15, 0.2) is 0 Å². The van der Waals surface area contributed by atoms with Crippen LogP contribution in [-0.2, 0) is 0 Å². The van der Waals surface area contributed by atoms with Crippen molar-refractivity contribution in [2.24, 2.45) is 0 Å². The molecular weight excluding hydrogens is 456 g/mol. The van der Waals surface area contributed by atoms with Crippen LogP contribution in [-0.4, -0.2) is 145 Å². The van der Waals surface area contributed by atoms with E-state index in [9.17, 15) is 0 Å². The first-order valence-electron chi connectivity index (χ1n) is 15.7. The molecule has 0 aromatic carbocycles. The third-order valence-electron chi connectivity index (χ3n) is 8.82. The molecular formula is C31H68N6. The Hall–Kier alpha value is -0.240. The summed E-state index contributed by atoms with van der Waals surface area (Å²) in [6, 6.07) is 4.33. The van der Waals surface area contributed by atoms with Gasteiger partial charge in [-0.2, -0.15) is 0 Å². The summed E-state index contributed by atoms with van der Waals surface area (Å²) in [5, 5.41) is 0. The van der Waals surface area contributed by atoms with Gasteiger partial charge in [-0.15, -0.1) is 0 Å². The van der Waals surface area contributed by atoms with Crippen LogP contribution < -0.4 is 0 Å². The summed E-state index contributed by atoms with van der Waals surface area (Å²) in [5.74, 6) is 0. The summed E-state index contributed by atoms with van der Waals surface area (Å²) in [4.78, 5) is 15.2. The Morgan fingerprint density at radius 1 is 0.432 bits per heavy atom. The first-order chi connectivity index (χ1) is 17.3. The monoisotopic (exact) mass is 525 g/mol. The van der Waals surface area contributed by atoms with Crippen molar-refractivity contribution in [1.82, 2.24) is 29.4 Å². The first kappa shape index (κ1) is 34.8. The van der Waals surface area contributed by atoms with Crippen LogP contribution in [0.15, 0.2) is 0 Å². The largest absolute Gasteiger partial charge is 0.305 e. The molecule has 3 aliphatic heterocycles. The molecule has 0 amide bonds. The molecule has 6 heteroatoms. The summed E-state index contributed by atoms with van der Waals surface area (Å²) in [6.45, 7) is 35.6. The molecule has 3 heterocycles. The van der Waals surface area contributed by atoms with Crippen LogP contribution in [0.1, 0.15) is 88.5 Å². The molecule has 0 aromatic heterocycles. The van der Waals surface area contributed by atoms with E-state index in [1.807, 2.05) is 0 Å². The van der Waals surface area contributed by atoms with Gasteiger partial charge in [-0.25, -0.2) is 0 Å². The van der Waals surface area contributed by atoms with Gasteiger partial charge >= 0.3 is 0 Å². The van der Waals surface area contributed by atoms with E-state index in [0.29, 0.717) is 18.1 Å². The maximum Gasteiger partial charge on any atom is 0.0115 e. The zero-order valence-corrected chi connectivity index (χ0v) is 27.3. The van der Waals surface area contributed by atoms with Crippen LogP contribution in [0.2, 0.25) is 0 Å². The fourth-order valence-corrected chi connectivity index (χ4v) is 5.92. The Morgan fingerprint density at radius 2 is 0.838 bits per heavy atom. The topological polar surface area (TPSA) is 19.4 Å². The van der Waals surface area contributed by atoms with Crippen molar-refractivity contribution in [2.45, 2.75) is 125 Å². The predicted octanol–water partition coefficient (Wildman–Crippen LogP) is 4.65. The van der Waals surface area contributed by atoms with Crippen LogP contribution in [0.25, 0.3) is 0 Å². The molecule has 1 unspecified atom stereocenters. The highest BCUT2D eigenvalue weighted by Crippen LogP contribution is 2.15. The third-order valence-corrected chi connectivity index (χ3v) is 8.82. The number of rotatable bonds is 4. The normalized spacial score (nSPS) is 26.9. The molecule has 222 valence electrons. The fourth-order valence-electron chi connectivity index (χ4n) is 5.92. The zero-order valence-electron chi connectivity index (χ0n) is 27.3. The molecule has 3 rings (SSSR count). The standard InChI is InChI=1S/C12H26N2.C10H22N2.C9H20N2/c1-10(2)13-7-6-12(5)14(9-8-13)11(3)4;1-9(2)12-8-7-11(4)6-5-10(12)3;1-9(2)11-6-4-5-10(3)7-8-11/h10-12H,6-9H2,1-5H3;9-10H,5-8H2,1-4H3;9H,4-8H2,1-3H3/t;10-;/m.0./s1. The summed E-state index contributed by atoms with van der Waals surface area (Å²) >= 11 is 0. The average molecular weight is 525 g/mol. The minimum Gasteiger partial charge on any atom is -0.305 e. The van der Waals surface area contributed by atoms with E-state index >= 15 is 0 Å². The van der Waals surface area contributed by atoms with Gasteiger partial charge in [0.1, 0.15) is 0 Å². The smallest absolute Gasteiger partial charge is 0.0115 e. The second kappa shape index (κ2) is 18.2. The van der Waals surface area contributed by atoms with E-state index in [-0.39, 0.29) is 0 Å². The van der Waals surface area contributed by atoms with Gasteiger partial charge in [0.05, 0.1) is 0 Å². The Morgan fingerprint density at radius 3 is 1.35 bits per heavy atom. The molecule has 6 nitrogen and oxygen atoms in total. The van der Waals surface area contributed by atoms with Gasteiger partial charge in [-0.05, 0) is 129 Å². The number of hydrogen-bond donors (Lipinski definition) is 0. The summed E-state index contributed by atoms with van der Waals surface area (Å²) in [5.41, 5.74) is 0. The summed E-state index contributed by atoms with van der Waals surface area (Å²) < 4.78 is 0. The van der Waals surface area contributed by atoms with Gasteiger partial charge in [0.2, 0.25) is 0 Å². The molecule has 0 spiro atoms. The summed E-state index contributed by atoms with van der Waals surface area (Å²) in [7, 11) is 4.43. The molecule has 0 saturated carbocycles. The third kappa shape index (κ3) is 13.6. The number of likely N-dealkylation sites (N-methyl/N-ethyl adjacent to an activating group) is 2. The van der Waals surface area contributed by atoms with Gasteiger partial charge < -0.3 is 9.80 Å². The Kier molecular flexibility index (Phi) is 17.1. The molecule has 3 fully saturated rings. The number of hydrogen-bond acceptors (Lipinski definition) is 6. The molecule has 0 aromatic rings. The molecule has 0 N–H and O–H groups in total. The van der Waals surface area contributed by atoms with Crippen molar-refractivity contribution in [2.75, 3.05) is 79.5 Å². The Balaban J connectivity index is 0.000000280. The zero-order chi connectivity index (χ0) is 28.1. The van der Waals surface area contributed by atoms with E-state index < -0.39 is 0 Å². The highest BCUT2D eigenvalue weighted by atomic mass is 15.3. The molecule has 3 aliphatic rings. The lowest BCUT2D eigenvalue weighted by Crippen LogP contribution is -2.40. The van der Waals surface area contributed by atoms with E-state index in [1.165, 1.54) is 84.7 Å². The predicted molar refractivity (Wildman–Crippen MR) is 165 cm³/mol. The first-order valence-corrected chi connectivity index (χ1v) is 15.7. The summed E-state index contributed by atoms with van der Waals surface area (Å²) in [6.07, 6.45) is 3.96. The highest BCUT2D eigenvalue weighted by molar-refractivity contribution is 4.79. The lowest BCUT2D eigenvalue weighted by atomic mass is 10.1. The van der Waals surface area contributed by atoms with Crippen LogP contribution in [0, 0.1) is 0 Å². The van der Waals surface area contributed by atoms with Crippen molar-refractivity contribution < 1.29 is 0 Å². The van der Waals surface area contributed by atoms with Crippen molar-refractivity contribution in [3.63, 3.8) is 0 Å². The Bertz CT molecular complexity index is 566. The second-order valence-corrected chi connectivity index (χ2v) is 13.2. The van der Waals surface area contributed by atoms with Crippen LogP contribution >= 0.6 is 0 Å². The minimum atomic E-state index is 0.692. The molecule has 0 bridgehead atoms. The van der Waals surface area contributed by atoms with Crippen LogP contribution in [0.5, 0.6) is 0 Å². The van der Waals surface area contributed by atoms with Crippen molar-refractivity contribution in [1.29, 1.82) is 0 Å². The van der Waals surface area contributed by atoms with Crippen LogP contribution in [0.4, 0.5) is 0 Å². The lowest BCUT2D eigenvalue weighted by molar-refractivity contribution is 0.166. The van der Waals surface area contributed by atoms with Gasteiger partial charge in [0.25, 0.3) is 0 Å². The van der Waals surface area contributed by atoms with E-state index in [0.717, 1.165) is 18.1 Å². The molecule has 0 aliphatic carbocycles. The molecule has 3 saturated heterocycles. The fraction of sp³-hybridized carbons (Fsp3) is 1.00. The quantitative estimate of drug-likeness (QED) is 0.529. The van der Waals surface area contributed by atoms with Gasteiger partial charge in [-0.3, -0.25) is 19.6 Å². The van der Waals surface area contributed by atoms with Gasteiger partial charge in [-0.1, -0.05) is 0 Å². The van der Waals surface area contributed by atoms with Gasteiger partial charge in [0, 0.05) is 75.5 Å². The SMILES string of the molecule is CC(C)N1CCC(C)N(C(C)C)CC1.CC(C)N1CCCN(C)CC1.CC(C)N1CCN(C)CC[C@@H]1C. The molecule has 37 heavy (non-hydrogen) atoms. The van der Waals surface area contributed by atoms with Crippen molar-refractivity contribution >= 4 is 0 Å². The second-order valence-electron chi connectivity index (χ2n) is 13.2. The average Bonchev–Trinajstić information content (AvgIpc) is 3.23. The maximum absolute atomic E-state index is 2.63. The van der Waals surface area contributed by atoms with E-state index in [4.69, 9.17) is 0 Å². The van der Waals surface area contributed by atoms with Crippen molar-refractivity contribution in [3.05, 3.63) is 0 Å². The lowest BCUT2D eigenvalue weighted by Gasteiger charge is -2.30. The molecule has 2 atom stereocenters. The van der Waals surface area contributed by atoms with Crippen molar-refractivity contribution in [3.8, 4) is 0 Å². The Labute approximate surface area is 233 Å². The highest BCUT2D eigenvalue weighted by Gasteiger charge is 2.23. The number of nitrogens with zero attached hydrogens (tertiary/aromatic N) is 6. The minimum absolute atomic E-state index is 0.692. The van der Waals surface area contributed by atoms with E-state index in [1.54, 1.807) is 0 Å². The maximum atomic E-state index is 2.63. The molecule has 0 radical (unpaired) electrons. The van der Waals surface area contributed by atoms with Crippen LogP contribution in [0.3, 0.4) is 0 Å². The van der Waals surface area contributed by atoms with E-state index in [2.05, 4.69) is 113 Å².